The van der Waals surface area contributed by atoms with Gasteiger partial charge in [-0.25, -0.2) is 5.43 Å². The number of aryl methyl sites for hydroxylation is 1. The lowest BCUT2D eigenvalue weighted by Gasteiger charge is -2.13. The number of nitrogens with one attached hydrogen (secondary N) is 2. The van der Waals surface area contributed by atoms with E-state index in [1.165, 1.54) is 6.20 Å². The van der Waals surface area contributed by atoms with Gasteiger partial charge in [0.15, 0.2) is 5.76 Å². The minimum Gasteiger partial charge on any atom is -0.455 e. The Morgan fingerprint density at radius 2 is 2.00 bits per heavy atom. The molecular weight excluding hydrogens is 519 g/mol. The summed E-state index contributed by atoms with van der Waals surface area (Å²) in [7, 11) is 0. The van der Waals surface area contributed by atoms with E-state index in [0.29, 0.717) is 50.6 Å². The van der Waals surface area contributed by atoms with E-state index in [2.05, 4.69) is 36.8 Å². The number of hydrazone groups is 1. The lowest BCUT2D eigenvalue weighted by molar-refractivity contribution is 0.0953. The first kappa shape index (κ1) is 22.5. The topological polar surface area (TPSA) is 96.6 Å². The van der Waals surface area contributed by atoms with Crippen LogP contribution in [0.2, 0.25) is 10.0 Å². The van der Waals surface area contributed by atoms with Gasteiger partial charge in [-0.15, -0.1) is 0 Å². The average Bonchev–Trinajstić information content (AvgIpc) is 3.12. The van der Waals surface area contributed by atoms with Crippen LogP contribution in [0.3, 0.4) is 0 Å². The first-order chi connectivity index (χ1) is 15.3. The molecule has 0 saturated heterocycles. The highest BCUT2D eigenvalue weighted by molar-refractivity contribution is 9.10. The van der Waals surface area contributed by atoms with Crippen LogP contribution in [0, 0.1) is 6.92 Å². The van der Waals surface area contributed by atoms with Gasteiger partial charge >= 0.3 is 0 Å². The fourth-order valence-electron chi connectivity index (χ4n) is 3.49. The summed E-state index contributed by atoms with van der Waals surface area (Å²) in [4.78, 5) is 29.3. The Balaban J connectivity index is 1.58. The molecule has 0 saturated carbocycles. The number of nitrogens with zero attached hydrogens (tertiary/aromatic N) is 2. The summed E-state index contributed by atoms with van der Waals surface area (Å²) in [6.07, 6.45) is 5.15. The monoisotopic (exact) mass is 534 g/mol. The summed E-state index contributed by atoms with van der Waals surface area (Å²) in [6, 6.07) is 6.64. The van der Waals surface area contributed by atoms with Gasteiger partial charge in [-0.3, -0.25) is 14.6 Å². The molecule has 7 nitrogen and oxygen atoms in total. The van der Waals surface area contributed by atoms with Gasteiger partial charge in [-0.2, -0.15) is 5.10 Å². The van der Waals surface area contributed by atoms with Gasteiger partial charge in [0.05, 0.1) is 27.0 Å². The Morgan fingerprint density at radius 3 is 2.78 bits per heavy atom. The quantitative estimate of drug-likeness (QED) is 0.414. The highest BCUT2D eigenvalue weighted by Gasteiger charge is 2.28. The summed E-state index contributed by atoms with van der Waals surface area (Å²) in [5.74, 6) is 0.00849. The van der Waals surface area contributed by atoms with Crippen molar-refractivity contribution in [3.63, 3.8) is 0 Å². The van der Waals surface area contributed by atoms with Crippen molar-refractivity contribution in [2.75, 3.05) is 5.32 Å². The largest absolute Gasteiger partial charge is 0.455 e. The van der Waals surface area contributed by atoms with Gasteiger partial charge in [0.25, 0.3) is 11.8 Å². The fraction of sp³-hybridized carbons (Fsp3) is 0.182. The van der Waals surface area contributed by atoms with E-state index in [1.54, 1.807) is 37.4 Å². The lowest BCUT2D eigenvalue weighted by atomic mass is 9.93. The van der Waals surface area contributed by atoms with Crippen molar-refractivity contribution in [1.82, 2.24) is 10.4 Å². The predicted octanol–water partition coefficient (Wildman–Crippen LogP) is 5.78. The lowest BCUT2D eigenvalue weighted by Crippen LogP contribution is -2.22. The van der Waals surface area contributed by atoms with Gasteiger partial charge in [0.1, 0.15) is 5.76 Å². The molecule has 2 N–H and O–H groups in total. The minimum absolute atomic E-state index is 0.170. The Morgan fingerprint density at radius 1 is 1.19 bits per heavy atom. The molecule has 1 aliphatic carbocycles. The highest BCUT2D eigenvalue weighted by Crippen LogP contribution is 2.33. The van der Waals surface area contributed by atoms with Crippen LogP contribution in [-0.2, 0) is 6.42 Å². The molecule has 1 aliphatic rings. The minimum atomic E-state index is -0.440. The molecule has 2 heterocycles. The normalized spacial score (nSPS) is 14.2. The van der Waals surface area contributed by atoms with Crippen molar-refractivity contribution in [3.8, 4) is 0 Å². The maximum Gasteiger partial charge on any atom is 0.291 e. The predicted molar refractivity (Wildman–Crippen MR) is 127 cm³/mol. The number of anilines is 1. The van der Waals surface area contributed by atoms with Crippen molar-refractivity contribution in [3.05, 3.63) is 79.4 Å². The van der Waals surface area contributed by atoms with Crippen LogP contribution < -0.4 is 10.7 Å². The third-order valence-corrected chi connectivity index (χ3v) is 6.24. The molecule has 164 valence electrons. The molecule has 10 heteroatoms. The molecular formula is C22H17BrCl2N4O3. The van der Waals surface area contributed by atoms with Gasteiger partial charge in [-0.1, -0.05) is 29.3 Å². The number of benzene rings is 1. The Labute approximate surface area is 202 Å². The zero-order valence-electron chi connectivity index (χ0n) is 16.8. The van der Waals surface area contributed by atoms with Gasteiger partial charge in [-0.05, 0) is 53.9 Å². The summed E-state index contributed by atoms with van der Waals surface area (Å²) in [5, 5.41) is 7.65. The second-order valence-corrected chi connectivity index (χ2v) is 8.86. The summed E-state index contributed by atoms with van der Waals surface area (Å²) in [6.45, 7) is 1.79. The molecule has 3 aromatic rings. The van der Waals surface area contributed by atoms with Crippen LogP contribution in [-0.4, -0.2) is 22.5 Å². The Bertz CT molecular complexity index is 1260. The number of amides is 2. The molecule has 2 amide bonds. The fourth-order valence-corrected chi connectivity index (χ4v) is 4.21. The van der Waals surface area contributed by atoms with E-state index >= 15 is 0 Å². The van der Waals surface area contributed by atoms with Gasteiger partial charge in [0, 0.05) is 34.4 Å². The summed E-state index contributed by atoms with van der Waals surface area (Å²) >= 11 is 15.5. The van der Waals surface area contributed by atoms with Crippen LogP contribution in [0.1, 0.15) is 50.6 Å². The smallest absolute Gasteiger partial charge is 0.291 e. The number of pyridine rings is 1. The Hall–Kier alpha value is -2.68. The first-order valence-electron chi connectivity index (χ1n) is 9.70. The maximum atomic E-state index is 12.9. The van der Waals surface area contributed by atoms with E-state index in [-0.39, 0.29) is 16.7 Å². The molecule has 2 aromatic heterocycles. The van der Waals surface area contributed by atoms with Crippen LogP contribution in [0.4, 0.5) is 5.69 Å². The molecule has 0 radical (unpaired) electrons. The van der Waals surface area contributed by atoms with Crippen LogP contribution >= 0.6 is 39.1 Å². The van der Waals surface area contributed by atoms with Gasteiger partial charge < -0.3 is 9.73 Å². The van der Waals surface area contributed by atoms with Crippen LogP contribution in [0.25, 0.3) is 0 Å². The molecule has 0 fully saturated rings. The van der Waals surface area contributed by atoms with E-state index in [9.17, 15) is 9.59 Å². The number of aromatic nitrogens is 1. The number of fused-ring (bicyclic) bond motifs is 1. The zero-order chi connectivity index (χ0) is 22.8. The van der Waals surface area contributed by atoms with Crippen LogP contribution in [0.15, 0.2) is 50.7 Å². The van der Waals surface area contributed by atoms with Crippen molar-refractivity contribution < 1.29 is 14.0 Å². The second-order valence-electron chi connectivity index (χ2n) is 7.15. The van der Waals surface area contributed by atoms with Crippen molar-refractivity contribution in [2.24, 2.45) is 5.10 Å². The molecule has 32 heavy (non-hydrogen) atoms. The number of hydrogen-bond donors (Lipinski definition) is 2. The number of carbonyl (C=O) groups excluding carboxylic acids is 2. The van der Waals surface area contributed by atoms with Crippen molar-refractivity contribution >= 4 is 62.3 Å². The number of halogens is 3. The molecule has 0 atom stereocenters. The van der Waals surface area contributed by atoms with E-state index in [1.807, 2.05) is 0 Å². The van der Waals surface area contributed by atoms with E-state index in [0.717, 1.165) is 12.0 Å². The molecule has 0 spiro atoms. The maximum absolute atomic E-state index is 12.9. The van der Waals surface area contributed by atoms with E-state index < -0.39 is 5.91 Å². The first-order valence-corrected chi connectivity index (χ1v) is 11.3. The third kappa shape index (κ3) is 4.57. The summed E-state index contributed by atoms with van der Waals surface area (Å²) < 4.78 is 6.57. The van der Waals surface area contributed by atoms with Crippen LogP contribution in [0.5, 0.6) is 0 Å². The molecule has 0 bridgehead atoms. The number of carbonyl (C=O) groups is 2. The number of hydrogen-bond acceptors (Lipinski definition) is 5. The molecule has 0 unspecified atom stereocenters. The van der Waals surface area contributed by atoms with Crippen molar-refractivity contribution in [1.29, 1.82) is 0 Å². The second kappa shape index (κ2) is 9.44. The molecule has 4 rings (SSSR count). The molecule has 0 aliphatic heterocycles. The molecule has 1 aromatic carbocycles. The standard InChI is InChI=1S/C22H17BrCl2N4O3/c1-11-18-15(28-29-21(30)12-8-13(23)10-26-9-12)5-3-7-17(18)32-20(11)22(31)27-16-6-2-4-14(24)19(16)25/h2,4,6,8-10H,3,5,7H2,1H3,(H,27,31)(H,29,30)/b28-15+. The highest BCUT2D eigenvalue weighted by atomic mass is 79.9. The van der Waals surface area contributed by atoms with Crippen molar-refractivity contribution in [2.45, 2.75) is 26.2 Å². The average molecular weight is 536 g/mol. The summed E-state index contributed by atoms with van der Waals surface area (Å²) in [5.41, 5.74) is 5.38. The number of rotatable bonds is 4. The Kier molecular flexibility index (Phi) is 6.64. The third-order valence-electron chi connectivity index (χ3n) is 4.99. The number of furan rings is 1. The SMILES string of the molecule is Cc1c(C(=O)Nc2cccc(Cl)c2Cl)oc2c1/C(=N/NC(=O)c1cncc(Br)c1)CCC2. The zero-order valence-corrected chi connectivity index (χ0v) is 19.9. The van der Waals surface area contributed by atoms with Gasteiger partial charge in [0.2, 0.25) is 0 Å². The van der Waals surface area contributed by atoms with E-state index in [4.69, 9.17) is 27.6 Å².